The molecule has 0 fully saturated rings. The zero-order valence-corrected chi connectivity index (χ0v) is 27.9. The van der Waals surface area contributed by atoms with Crippen LogP contribution in [-0.4, -0.2) is 31.4 Å². The van der Waals surface area contributed by atoms with Gasteiger partial charge in [0.05, 0.1) is 27.3 Å². The second-order valence-electron chi connectivity index (χ2n) is 11.2. The SMILES string of the molecule is O=C(N[C@@H](Cc1ccc(-c2ccccc2Oc2ccccc2)cc1)C(=O)O)c1cc(Cl)ccc1NS(=O)(=O)c1cc(C(F)(F)F)cc(C(F)(F)F)c1. The molecule has 0 bridgehead atoms. The van der Waals surface area contributed by atoms with E-state index in [0.717, 1.165) is 29.3 Å². The number of carboxylic acid groups (broad SMARTS) is 1. The first-order valence-electron chi connectivity index (χ1n) is 15.0. The number of para-hydroxylation sites is 2. The van der Waals surface area contributed by atoms with E-state index >= 15 is 0 Å². The Labute approximate surface area is 297 Å². The molecule has 5 aromatic rings. The molecule has 270 valence electrons. The van der Waals surface area contributed by atoms with Gasteiger partial charge in [0, 0.05) is 17.0 Å². The number of carbonyl (C=O) groups excluding carboxylic acids is 1. The topological polar surface area (TPSA) is 122 Å². The highest BCUT2D eigenvalue weighted by molar-refractivity contribution is 7.92. The molecular weight excluding hydrogens is 738 g/mol. The van der Waals surface area contributed by atoms with Crippen LogP contribution in [0.3, 0.4) is 0 Å². The Balaban J connectivity index is 1.37. The van der Waals surface area contributed by atoms with Crippen LogP contribution in [0.1, 0.15) is 27.0 Å². The van der Waals surface area contributed by atoms with Gasteiger partial charge in [-0.1, -0.05) is 72.3 Å². The lowest BCUT2D eigenvalue weighted by molar-refractivity contribution is -0.143. The van der Waals surface area contributed by atoms with E-state index in [1.165, 1.54) is 0 Å². The third-order valence-corrected chi connectivity index (χ3v) is 9.09. The molecule has 8 nitrogen and oxygen atoms in total. The normalized spacial score (nSPS) is 12.5. The minimum Gasteiger partial charge on any atom is -0.480 e. The Kier molecular flexibility index (Phi) is 10.9. The predicted molar refractivity (Wildman–Crippen MR) is 180 cm³/mol. The van der Waals surface area contributed by atoms with Crippen molar-refractivity contribution < 1.29 is 54.2 Å². The van der Waals surface area contributed by atoms with Gasteiger partial charge >= 0.3 is 18.3 Å². The van der Waals surface area contributed by atoms with Crippen molar-refractivity contribution in [1.82, 2.24) is 5.32 Å². The van der Waals surface area contributed by atoms with Crippen molar-refractivity contribution in [3.63, 3.8) is 0 Å². The van der Waals surface area contributed by atoms with E-state index in [-0.39, 0.29) is 29.6 Å². The van der Waals surface area contributed by atoms with E-state index in [1.807, 2.05) is 41.1 Å². The summed E-state index contributed by atoms with van der Waals surface area (Å²) >= 11 is 6.01. The smallest absolute Gasteiger partial charge is 0.416 e. The zero-order valence-electron chi connectivity index (χ0n) is 26.3. The summed E-state index contributed by atoms with van der Waals surface area (Å²) in [5.74, 6) is -1.43. The maximum Gasteiger partial charge on any atom is 0.416 e. The number of anilines is 1. The van der Waals surface area contributed by atoms with Crippen LogP contribution in [0.4, 0.5) is 32.0 Å². The largest absolute Gasteiger partial charge is 0.480 e. The van der Waals surface area contributed by atoms with Crippen molar-refractivity contribution in [3.05, 3.63) is 143 Å². The van der Waals surface area contributed by atoms with Crippen LogP contribution in [-0.2, 0) is 33.6 Å². The number of sulfonamides is 1. The summed E-state index contributed by atoms with van der Waals surface area (Å²) in [6.07, 6.45) is -10.9. The third-order valence-electron chi connectivity index (χ3n) is 7.51. The minimum atomic E-state index is -5.33. The highest BCUT2D eigenvalue weighted by atomic mass is 35.5. The van der Waals surface area contributed by atoms with Crippen molar-refractivity contribution in [2.24, 2.45) is 0 Å². The maximum atomic E-state index is 13.4. The number of ether oxygens (including phenoxy) is 1. The molecule has 0 saturated heterocycles. The van der Waals surface area contributed by atoms with E-state index in [9.17, 15) is 49.5 Å². The van der Waals surface area contributed by atoms with Crippen LogP contribution in [0.2, 0.25) is 5.02 Å². The molecule has 1 atom stereocenters. The van der Waals surface area contributed by atoms with Crippen molar-refractivity contribution in [2.45, 2.75) is 29.7 Å². The third kappa shape index (κ3) is 9.22. The average molecular weight is 763 g/mol. The van der Waals surface area contributed by atoms with Gasteiger partial charge in [0.25, 0.3) is 15.9 Å². The second kappa shape index (κ2) is 15.0. The number of aliphatic carboxylic acids is 1. The molecule has 0 aliphatic carbocycles. The molecule has 0 radical (unpaired) electrons. The number of alkyl halides is 6. The fraction of sp³-hybridized carbons (Fsp3) is 0.111. The van der Waals surface area contributed by atoms with E-state index in [1.54, 1.807) is 42.5 Å². The fourth-order valence-electron chi connectivity index (χ4n) is 4.98. The predicted octanol–water partition coefficient (Wildman–Crippen LogP) is 9.06. The molecule has 0 unspecified atom stereocenters. The van der Waals surface area contributed by atoms with Gasteiger partial charge in [-0.15, -0.1) is 0 Å². The summed E-state index contributed by atoms with van der Waals surface area (Å²) in [7, 11) is -5.19. The molecule has 0 aliphatic rings. The molecular formula is C36H25ClF6N2O6S. The molecule has 5 aromatic carbocycles. The van der Waals surface area contributed by atoms with Gasteiger partial charge in [-0.2, -0.15) is 26.3 Å². The average Bonchev–Trinajstić information content (AvgIpc) is 3.08. The van der Waals surface area contributed by atoms with Crippen molar-refractivity contribution in [3.8, 4) is 22.6 Å². The summed E-state index contributed by atoms with van der Waals surface area (Å²) in [6, 6.07) is 24.3. The highest BCUT2D eigenvalue weighted by Gasteiger charge is 2.38. The molecule has 0 aromatic heterocycles. The lowest BCUT2D eigenvalue weighted by Crippen LogP contribution is -2.42. The number of rotatable bonds is 11. The molecule has 0 heterocycles. The molecule has 0 saturated carbocycles. The number of benzene rings is 5. The Bertz CT molecular complexity index is 2180. The van der Waals surface area contributed by atoms with Gasteiger partial charge in [-0.3, -0.25) is 9.52 Å². The summed E-state index contributed by atoms with van der Waals surface area (Å²) in [5, 5.41) is 12.1. The standard InChI is InChI=1S/C36H25ClF6N2O6S/c37-25-14-15-30(45-52(49,50)27-18-23(35(38,39)40)17-24(19-27)36(41,42)43)29(20-25)33(46)44-31(34(47)48)16-21-10-12-22(13-11-21)28-8-4-5-9-32(28)51-26-6-2-1-3-7-26/h1-15,17-20,31,45H,16H2,(H,44,46)(H,47,48)/t31-/m0/s1. The quantitative estimate of drug-likeness (QED) is 0.116. The van der Waals surface area contributed by atoms with Crippen LogP contribution in [0, 0.1) is 0 Å². The van der Waals surface area contributed by atoms with Gasteiger partial charge in [0.1, 0.15) is 17.5 Å². The van der Waals surface area contributed by atoms with E-state index in [2.05, 4.69) is 5.32 Å². The molecule has 1 amide bonds. The number of hydrogen-bond donors (Lipinski definition) is 3. The molecule has 16 heteroatoms. The first-order valence-corrected chi connectivity index (χ1v) is 16.8. The number of carboxylic acids is 1. The zero-order chi connectivity index (χ0) is 37.8. The van der Waals surface area contributed by atoms with Crippen LogP contribution in [0.25, 0.3) is 11.1 Å². The highest BCUT2D eigenvalue weighted by Crippen LogP contribution is 2.38. The Hall–Kier alpha value is -5.54. The van der Waals surface area contributed by atoms with Gasteiger partial charge < -0.3 is 15.2 Å². The Morgan fingerprint density at radius 1 is 0.769 bits per heavy atom. The molecule has 5 rings (SSSR count). The number of halogens is 7. The second-order valence-corrected chi connectivity index (χ2v) is 13.3. The van der Waals surface area contributed by atoms with Gasteiger partial charge in [-0.25, -0.2) is 13.2 Å². The Morgan fingerprint density at radius 2 is 1.37 bits per heavy atom. The van der Waals surface area contributed by atoms with E-state index in [0.29, 0.717) is 17.1 Å². The van der Waals surface area contributed by atoms with Crippen molar-refractivity contribution in [2.75, 3.05) is 4.72 Å². The lowest BCUT2D eigenvalue weighted by Gasteiger charge is -2.18. The molecule has 3 N–H and O–H groups in total. The van der Waals surface area contributed by atoms with Crippen LogP contribution < -0.4 is 14.8 Å². The fourth-order valence-corrected chi connectivity index (χ4v) is 6.30. The molecule has 0 aliphatic heterocycles. The first kappa shape index (κ1) is 37.7. The molecule has 52 heavy (non-hydrogen) atoms. The summed E-state index contributed by atoms with van der Waals surface area (Å²) in [6.45, 7) is 0. The van der Waals surface area contributed by atoms with Crippen molar-refractivity contribution in [1.29, 1.82) is 0 Å². The number of amides is 1. The summed E-state index contributed by atoms with van der Waals surface area (Å²) < 4.78 is 114. The van der Waals surface area contributed by atoms with Gasteiger partial charge in [0.2, 0.25) is 0 Å². The van der Waals surface area contributed by atoms with E-state index < -0.39 is 67.6 Å². The number of carbonyl (C=O) groups is 2. The maximum absolute atomic E-state index is 13.4. The Morgan fingerprint density at radius 3 is 1.96 bits per heavy atom. The van der Waals surface area contributed by atoms with Crippen LogP contribution in [0.5, 0.6) is 11.5 Å². The molecule has 0 spiro atoms. The first-order chi connectivity index (χ1) is 24.4. The number of hydrogen-bond acceptors (Lipinski definition) is 5. The summed E-state index contributed by atoms with van der Waals surface area (Å²) in [4.78, 5) is 24.2. The number of nitrogens with one attached hydrogen (secondary N) is 2. The monoisotopic (exact) mass is 762 g/mol. The van der Waals surface area contributed by atoms with E-state index in [4.69, 9.17) is 16.3 Å². The van der Waals surface area contributed by atoms with Crippen LogP contribution >= 0.6 is 11.6 Å². The summed E-state index contributed by atoms with van der Waals surface area (Å²) in [5.41, 5.74) is -2.94. The van der Waals surface area contributed by atoms with Crippen LogP contribution in [0.15, 0.2) is 120 Å². The van der Waals surface area contributed by atoms with Gasteiger partial charge in [0.15, 0.2) is 0 Å². The van der Waals surface area contributed by atoms with Crippen molar-refractivity contribution >= 4 is 39.2 Å². The minimum absolute atomic E-state index is 0.00782. The van der Waals surface area contributed by atoms with Gasteiger partial charge in [-0.05, 0) is 65.7 Å². The lowest BCUT2D eigenvalue weighted by atomic mass is 9.99.